The van der Waals surface area contributed by atoms with Crippen LogP contribution in [0.4, 0.5) is 5.82 Å². The van der Waals surface area contributed by atoms with Crippen LogP contribution in [-0.2, 0) is 0 Å². The van der Waals surface area contributed by atoms with Gasteiger partial charge in [-0.15, -0.1) is 0 Å². The molecule has 4 N–H and O–H groups in total. The van der Waals surface area contributed by atoms with Crippen molar-refractivity contribution < 1.29 is 4.79 Å². The molecule has 1 unspecified atom stereocenters. The van der Waals surface area contributed by atoms with E-state index in [-0.39, 0.29) is 6.04 Å². The summed E-state index contributed by atoms with van der Waals surface area (Å²) in [5.41, 5.74) is 12.9. The number of benzene rings is 1. The molecule has 1 amide bonds. The maximum Gasteiger partial charge on any atom is 0.252 e. The fraction of sp³-hybridized carbons (Fsp3) is 0.333. The molecule has 5 heteroatoms. The van der Waals surface area contributed by atoms with Gasteiger partial charge in [0.15, 0.2) is 0 Å². The Labute approximate surface area is 117 Å². The number of anilines is 1. The van der Waals surface area contributed by atoms with Crippen LogP contribution < -0.4 is 16.4 Å². The lowest BCUT2D eigenvalue weighted by Crippen LogP contribution is -2.44. The molecular formula is C15H18N4O. The maximum absolute atomic E-state index is 11.7. The first-order valence-corrected chi connectivity index (χ1v) is 6.85. The van der Waals surface area contributed by atoms with Gasteiger partial charge in [0.25, 0.3) is 5.91 Å². The lowest BCUT2D eigenvalue weighted by molar-refractivity contribution is 0.100. The smallest absolute Gasteiger partial charge is 0.252 e. The van der Waals surface area contributed by atoms with Gasteiger partial charge in [0.1, 0.15) is 5.82 Å². The van der Waals surface area contributed by atoms with E-state index in [9.17, 15) is 4.79 Å². The first-order chi connectivity index (χ1) is 9.65. The maximum atomic E-state index is 11.7. The summed E-state index contributed by atoms with van der Waals surface area (Å²) in [7, 11) is 0. The molecule has 2 aromatic rings. The number of piperidine rings is 1. The molecule has 1 aliphatic heterocycles. The number of hydrogen-bond acceptors (Lipinski definition) is 4. The van der Waals surface area contributed by atoms with E-state index >= 15 is 0 Å². The molecule has 1 aromatic heterocycles. The van der Waals surface area contributed by atoms with Crippen LogP contribution in [0.2, 0.25) is 0 Å². The van der Waals surface area contributed by atoms with Gasteiger partial charge in [-0.3, -0.25) is 4.79 Å². The van der Waals surface area contributed by atoms with Crippen LogP contribution in [0.15, 0.2) is 30.3 Å². The highest BCUT2D eigenvalue weighted by Crippen LogP contribution is 2.25. The molecule has 1 atom stereocenters. The second-order valence-corrected chi connectivity index (χ2v) is 5.26. The molecule has 5 nitrogen and oxygen atoms in total. The van der Waals surface area contributed by atoms with Gasteiger partial charge in [-0.1, -0.05) is 18.2 Å². The van der Waals surface area contributed by atoms with Crippen molar-refractivity contribution in [2.45, 2.75) is 18.9 Å². The number of pyridine rings is 1. The molecule has 1 aromatic carbocycles. The number of aromatic nitrogens is 1. The Morgan fingerprint density at radius 2 is 2.15 bits per heavy atom. The molecular weight excluding hydrogens is 252 g/mol. The molecule has 1 aliphatic rings. The van der Waals surface area contributed by atoms with E-state index in [1.54, 1.807) is 0 Å². The number of para-hydroxylation sites is 1. The molecule has 1 fully saturated rings. The van der Waals surface area contributed by atoms with Crippen LogP contribution in [0.3, 0.4) is 0 Å². The van der Waals surface area contributed by atoms with Gasteiger partial charge in [0, 0.05) is 24.5 Å². The summed E-state index contributed by atoms with van der Waals surface area (Å²) in [5, 5.41) is 0.923. The normalized spacial score (nSPS) is 19.2. The number of hydrogen-bond donors (Lipinski definition) is 2. The summed E-state index contributed by atoms with van der Waals surface area (Å²) in [6, 6.07) is 9.67. The van der Waals surface area contributed by atoms with E-state index in [4.69, 9.17) is 11.5 Å². The van der Waals surface area contributed by atoms with Crippen LogP contribution in [0.5, 0.6) is 0 Å². The summed E-state index contributed by atoms with van der Waals surface area (Å²) in [4.78, 5) is 18.4. The summed E-state index contributed by atoms with van der Waals surface area (Å²) in [6.45, 7) is 1.57. The fourth-order valence-electron chi connectivity index (χ4n) is 2.73. The third-order valence-electron chi connectivity index (χ3n) is 3.73. The molecule has 0 radical (unpaired) electrons. The Bertz CT molecular complexity index is 655. The predicted molar refractivity (Wildman–Crippen MR) is 79.7 cm³/mol. The third kappa shape index (κ3) is 2.32. The van der Waals surface area contributed by atoms with E-state index in [2.05, 4.69) is 9.88 Å². The zero-order valence-electron chi connectivity index (χ0n) is 11.2. The highest BCUT2D eigenvalue weighted by molar-refractivity contribution is 6.01. The number of amides is 1. The lowest BCUT2D eigenvalue weighted by atomic mass is 10.0. The zero-order chi connectivity index (χ0) is 14.1. The van der Waals surface area contributed by atoms with Crippen LogP contribution in [0.1, 0.15) is 23.2 Å². The average molecular weight is 270 g/mol. The number of primary amides is 1. The van der Waals surface area contributed by atoms with Crippen LogP contribution >= 0.6 is 0 Å². The molecule has 0 bridgehead atoms. The van der Waals surface area contributed by atoms with Gasteiger partial charge in [-0.05, 0) is 25.0 Å². The van der Waals surface area contributed by atoms with Gasteiger partial charge in [-0.25, -0.2) is 4.98 Å². The highest BCUT2D eigenvalue weighted by atomic mass is 16.1. The first kappa shape index (κ1) is 12.9. The second-order valence-electron chi connectivity index (χ2n) is 5.26. The number of nitrogens with zero attached hydrogens (tertiary/aromatic N) is 2. The Hall–Kier alpha value is -2.14. The van der Waals surface area contributed by atoms with E-state index in [1.165, 1.54) is 0 Å². The van der Waals surface area contributed by atoms with Crippen molar-refractivity contribution in [1.82, 2.24) is 4.98 Å². The van der Waals surface area contributed by atoms with E-state index in [0.29, 0.717) is 17.9 Å². The summed E-state index contributed by atoms with van der Waals surface area (Å²) in [5.74, 6) is 0.212. The molecule has 20 heavy (non-hydrogen) atoms. The molecule has 1 saturated heterocycles. The molecule has 0 saturated carbocycles. The fourth-order valence-corrected chi connectivity index (χ4v) is 2.73. The largest absolute Gasteiger partial charge is 0.365 e. The molecule has 0 aliphatic carbocycles. The topological polar surface area (TPSA) is 85.2 Å². The monoisotopic (exact) mass is 270 g/mol. The van der Waals surface area contributed by atoms with Gasteiger partial charge < -0.3 is 16.4 Å². The number of nitrogens with two attached hydrogens (primary N) is 2. The minimum atomic E-state index is -0.447. The number of rotatable bonds is 2. The Kier molecular flexibility index (Phi) is 3.28. The summed E-state index contributed by atoms with van der Waals surface area (Å²) in [6.07, 6.45) is 2.02. The molecule has 0 spiro atoms. The zero-order valence-corrected chi connectivity index (χ0v) is 11.2. The molecule has 104 valence electrons. The van der Waals surface area contributed by atoms with Crippen molar-refractivity contribution in [1.29, 1.82) is 0 Å². The number of carbonyl (C=O) groups excluding carboxylic acids is 1. The van der Waals surface area contributed by atoms with Gasteiger partial charge in [-0.2, -0.15) is 0 Å². The SMILES string of the molecule is NC(=O)c1cc2ccccc2nc1N1CCCC(N)C1. The first-order valence-electron chi connectivity index (χ1n) is 6.85. The predicted octanol–water partition coefficient (Wildman–Crippen LogP) is 1.26. The van der Waals surface area contributed by atoms with Crippen molar-refractivity contribution >= 4 is 22.6 Å². The second kappa shape index (κ2) is 5.09. The molecule has 2 heterocycles. The van der Waals surface area contributed by atoms with Gasteiger partial charge >= 0.3 is 0 Å². The number of fused-ring (bicyclic) bond motifs is 1. The van der Waals surface area contributed by atoms with E-state index in [0.717, 1.165) is 30.3 Å². The van der Waals surface area contributed by atoms with Crippen LogP contribution in [-0.4, -0.2) is 30.0 Å². The van der Waals surface area contributed by atoms with Crippen molar-refractivity contribution in [2.24, 2.45) is 11.5 Å². The van der Waals surface area contributed by atoms with Crippen LogP contribution in [0, 0.1) is 0 Å². The Balaban J connectivity index is 2.11. The van der Waals surface area contributed by atoms with Crippen LogP contribution in [0.25, 0.3) is 10.9 Å². The van der Waals surface area contributed by atoms with Crippen molar-refractivity contribution in [2.75, 3.05) is 18.0 Å². The lowest BCUT2D eigenvalue weighted by Gasteiger charge is -2.32. The van der Waals surface area contributed by atoms with Crippen molar-refractivity contribution in [3.8, 4) is 0 Å². The quantitative estimate of drug-likeness (QED) is 0.860. The standard InChI is InChI=1S/C15H18N4O/c16-11-5-3-7-19(9-11)15-12(14(17)20)8-10-4-1-2-6-13(10)18-15/h1-2,4,6,8,11H,3,5,7,9,16H2,(H2,17,20). The highest BCUT2D eigenvalue weighted by Gasteiger charge is 2.22. The summed E-state index contributed by atoms with van der Waals surface area (Å²) < 4.78 is 0. The minimum Gasteiger partial charge on any atom is -0.365 e. The van der Waals surface area contributed by atoms with Crippen molar-refractivity contribution in [3.63, 3.8) is 0 Å². The Morgan fingerprint density at radius 3 is 2.90 bits per heavy atom. The third-order valence-corrected chi connectivity index (χ3v) is 3.73. The van der Waals surface area contributed by atoms with Crippen molar-refractivity contribution in [3.05, 3.63) is 35.9 Å². The number of carbonyl (C=O) groups is 1. The van der Waals surface area contributed by atoms with E-state index in [1.807, 2.05) is 30.3 Å². The average Bonchev–Trinajstić information content (AvgIpc) is 2.46. The minimum absolute atomic E-state index is 0.123. The molecule has 3 rings (SSSR count). The van der Waals surface area contributed by atoms with Gasteiger partial charge in [0.05, 0.1) is 11.1 Å². The Morgan fingerprint density at radius 1 is 1.35 bits per heavy atom. The van der Waals surface area contributed by atoms with E-state index < -0.39 is 5.91 Å². The summed E-state index contributed by atoms with van der Waals surface area (Å²) >= 11 is 0. The van der Waals surface area contributed by atoms with Gasteiger partial charge in [0.2, 0.25) is 0 Å².